The number of ether oxygens (including phenoxy) is 2. The summed E-state index contributed by atoms with van der Waals surface area (Å²) >= 11 is 18.3. The van der Waals surface area contributed by atoms with Crippen LogP contribution >= 0.6 is 34.8 Å². The Balaban J connectivity index is 2.58. The van der Waals surface area contributed by atoms with Gasteiger partial charge in [0.1, 0.15) is 28.6 Å². The number of nitrogens with zero attached hydrogens (tertiary/aromatic N) is 1. The summed E-state index contributed by atoms with van der Waals surface area (Å²) in [7, 11) is 0. The molecule has 2 rings (SSSR count). The van der Waals surface area contributed by atoms with Crippen molar-refractivity contribution in [2.24, 2.45) is 0 Å². The van der Waals surface area contributed by atoms with Crippen molar-refractivity contribution in [3.63, 3.8) is 0 Å². The van der Waals surface area contributed by atoms with Crippen LogP contribution < -0.4 is 5.32 Å². The van der Waals surface area contributed by atoms with Crippen LogP contribution in [0.4, 0.5) is 23.8 Å². The van der Waals surface area contributed by atoms with Gasteiger partial charge in [0, 0.05) is 21.2 Å². The van der Waals surface area contributed by atoms with E-state index in [4.69, 9.17) is 39.5 Å². The zero-order valence-electron chi connectivity index (χ0n) is 17.3. The van der Waals surface area contributed by atoms with E-state index < -0.39 is 41.9 Å². The molecule has 33 heavy (non-hydrogen) atoms. The molecule has 2 atom stereocenters. The number of esters is 1. The van der Waals surface area contributed by atoms with Crippen molar-refractivity contribution in [1.82, 2.24) is 4.98 Å². The number of halogens is 6. The molecule has 13 heteroatoms. The summed E-state index contributed by atoms with van der Waals surface area (Å²) in [6, 6.07) is 6.71. The van der Waals surface area contributed by atoms with Gasteiger partial charge in [-0.15, -0.1) is 13.2 Å². The van der Waals surface area contributed by atoms with Gasteiger partial charge in [-0.05, 0) is 45.0 Å². The zero-order chi connectivity index (χ0) is 25.1. The predicted octanol–water partition coefficient (Wildman–Crippen LogP) is 6.27. The van der Waals surface area contributed by atoms with E-state index in [1.807, 2.05) is 0 Å². The molecule has 180 valence electrons. The molecule has 0 radical (unpaired) electrons. The lowest BCUT2D eigenvalue weighted by Crippen LogP contribution is -2.31. The standard InChI is InChI=1S/C20H18Cl3F3N2O5/c1-19(2,3)32-17(30)14(13-10(21)5-4-6-11(13)22)15(29)9-7-8-12(23)27-16(9)28-18(31)33-20(24,25)26/h4-8,14-15,29H,1-3H3,(H,27,28,31). The molecule has 1 aromatic carbocycles. The fourth-order valence-corrected chi connectivity index (χ4v) is 3.55. The maximum absolute atomic E-state index is 13.1. The molecule has 0 fully saturated rings. The Bertz CT molecular complexity index is 1020. The fraction of sp³-hybridized carbons (Fsp3) is 0.350. The minimum Gasteiger partial charge on any atom is -0.459 e. The topological polar surface area (TPSA) is 97.8 Å². The summed E-state index contributed by atoms with van der Waals surface area (Å²) in [4.78, 5) is 28.4. The van der Waals surface area contributed by atoms with Gasteiger partial charge in [0.05, 0.1) is 0 Å². The van der Waals surface area contributed by atoms with Gasteiger partial charge < -0.3 is 14.6 Å². The average molecular weight is 530 g/mol. The lowest BCUT2D eigenvalue weighted by atomic mass is 9.88. The summed E-state index contributed by atoms with van der Waals surface area (Å²) in [6.45, 7) is 4.77. The summed E-state index contributed by atoms with van der Waals surface area (Å²) < 4.78 is 45.8. The number of anilines is 1. The highest BCUT2D eigenvalue weighted by Crippen LogP contribution is 2.42. The van der Waals surface area contributed by atoms with E-state index >= 15 is 0 Å². The average Bonchev–Trinajstić information content (AvgIpc) is 2.61. The minimum atomic E-state index is -5.27. The maximum Gasteiger partial charge on any atom is 0.576 e. The van der Waals surface area contributed by atoms with E-state index in [0.717, 1.165) is 6.07 Å². The van der Waals surface area contributed by atoms with E-state index in [2.05, 4.69) is 9.72 Å². The van der Waals surface area contributed by atoms with Gasteiger partial charge in [0.25, 0.3) is 0 Å². The molecule has 0 aliphatic carbocycles. The Morgan fingerprint density at radius 3 is 2.12 bits per heavy atom. The largest absolute Gasteiger partial charge is 0.576 e. The van der Waals surface area contributed by atoms with Crippen molar-refractivity contribution in [3.8, 4) is 0 Å². The molecule has 2 N–H and O–H groups in total. The van der Waals surface area contributed by atoms with E-state index in [1.165, 1.54) is 24.3 Å². The van der Waals surface area contributed by atoms with Crippen molar-refractivity contribution in [1.29, 1.82) is 0 Å². The normalized spacial score (nSPS) is 13.8. The number of hydrogen-bond donors (Lipinski definition) is 2. The van der Waals surface area contributed by atoms with Gasteiger partial charge in [-0.3, -0.25) is 10.1 Å². The predicted molar refractivity (Wildman–Crippen MR) is 115 cm³/mol. The van der Waals surface area contributed by atoms with Crippen LogP contribution in [0, 0.1) is 0 Å². The van der Waals surface area contributed by atoms with Gasteiger partial charge in [0.15, 0.2) is 0 Å². The number of pyridine rings is 1. The molecule has 0 spiro atoms. The second-order valence-corrected chi connectivity index (χ2v) is 8.83. The molecule has 1 aromatic heterocycles. The molecular weight excluding hydrogens is 512 g/mol. The third-order valence-electron chi connectivity index (χ3n) is 3.93. The van der Waals surface area contributed by atoms with Crippen LogP contribution in [0.1, 0.15) is 43.9 Å². The number of benzene rings is 1. The van der Waals surface area contributed by atoms with Crippen LogP contribution in [0.25, 0.3) is 0 Å². The number of alkyl halides is 3. The zero-order valence-corrected chi connectivity index (χ0v) is 19.6. The van der Waals surface area contributed by atoms with Crippen molar-refractivity contribution < 1.29 is 37.3 Å². The van der Waals surface area contributed by atoms with E-state index in [0.29, 0.717) is 0 Å². The number of aromatic nitrogens is 1. The number of carbonyl (C=O) groups is 2. The molecule has 0 saturated carbocycles. The van der Waals surface area contributed by atoms with Crippen LogP contribution in [-0.2, 0) is 14.3 Å². The first-order valence-electron chi connectivity index (χ1n) is 9.17. The lowest BCUT2D eigenvalue weighted by Gasteiger charge is -2.28. The van der Waals surface area contributed by atoms with Crippen LogP contribution in [0.15, 0.2) is 30.3 Å². The number of carbonyl (C=O) groups excluding carboxylic acids is 2. The molecule has 0 aliphatic heterocycles. The minimum absolute atomic E-state index is 0.00125. The van der Waals surface area contributed by atoms with Crippen molar-refractivity contribution in [3.05, 3.63) is 56.7 Å². The highest BCUT2D eigenvalue weighted by molar-refractivity contribution is 6.36. The van der Waals surface area contributed by atoms with E-state index in [9.17, 15) is 27.9 Å². The Morgan fingerprint density at radius 1 is 1.03 bits per heavy atom. The second-order valence-electron chi connectivity index (χ2n) is 7.62. The number of nitrogens with one attached hydrogen (secondary N) is 1. The molecule has 2 unspecified atom stereocenters. The number of rotatable bonds is 5. The second kappa shape index (κ2) is 10.3. The molecule has 0 aliphatic rings. The third-order valence-corrected chi connectivity index (χ3v) is 4.80. The number of aliphatic hydroxyl groups is 1. The molecule has 7 nitrogen and oxygen atoms in total. The molecule has 2 aromatic rings. The highest BCUT2D eigenvalue weighted by Gasteiger charge is 2.39. The Morgan fingerprint density at radius 2 is 1.61 bits per heavy atom. The third kappa shape index (κ3) is 7.63. The summed E-state index contributed by atoms with van der Waals surface area (Å²) in [6.07, 6.45) is -9.04. The van der Waals surface area contributed by atoms with Crippen molar-refractivity contribution in [2.75, 3.05) is 5.32 Å². The molecule has 1 heterocycles. The van der Waals surface area contributed by atoms with Crippen LogP contribution in [0.3, 0.4) is 0 Å². The molecular formula is C20H18Cl3F3N2O5. The van der Waals surface area contributed by atoms with Crippen LogP contribution in [0.2, 0.25) is 15.2 Å². The van der Waals surface area contributed by atoms with Crippen molar-refractivity contribution in [2.45, 2.75) is 44.8 Å². The summed E-state index contributed by atoms with van der Waals surface area (Å²) in [5.41, 5.74) is -1.25. The van der Waals surface area contributed by atoms with Gasteiger partial charge in [-0.25, -0.2) is 9.78 Å². The lowest BCUT2D eigenvalue weighted by molar-refractivity contribution is -0.289. The molecule has 0 bridgehead atoms. The van der Waals surface area contributed by atoms with Gasteiger partial charge in [0.2, 0.25) is 0 Å². The van der Waals surface area contributed by atoms with Gasteiger partial charge in [-0.1, -0.05) is 40.9 Å². The Labute approximate surface area is 201 Å². The van der Waals surface area contributed by atoms with Gasteiger partial charge >= 0.3 is 18.4 Å². The summed E-state index contributed by atoms with van der Waals surface area (Å²) in [5.74, 6) is -3.07. The molecule has 1 amide bonds. The first kappa shape index (κ1) is 27.0. The first-order chi connectivity index (χ1) is 15.1. The van der Waals surface area contributed by atoms with E-state index in [1.54, 1.807) is 26.1 Å². The Kier molecular flexibility index (Phi) is 8.45. The fourth-order valence-electron chi connectivity index (χ4n) is 2.77. The quantitative estimate of drug-likeness (QED) is 0.350. The highest BCUT2D eigenvalue weighted by atomic mass is 35.5. The van der Waals surface area contributed by atoms with E-state index in [-0.39, 0.29) is 26.3 Å². The van der Waals surface area contributed by atoms with Crippen molar-refractivity contribution >= 4 is 52.7 Å². The number of amides is 1. The van der Waals surface area contributed by atoms with Crippen LogP contribution in [0.5, 0.6) is 0 Å². The molecule has 0 saturated heterocycles. The Hall–Kier alpha value is -2.27. The number of hydrogen-bond acceptors (Lipinski definition) is 6. The SMILES string of the molecule is CC(C)(C)OC(=O)C(c1c(Cl)cccc1Cl)C(O)c1ccc(Cl)nc1NC(=O)OC(F)(F)F. The monoisotopic (exact) mass is 528 g/mol. The first-order valence-corrected chi connectivity index (χ1v) is 10.3. The summed E-state index contributed by atoms with van der Waals surface area (Å²) in [5, 5.41) is 12.7. The maximum atomic E-state index is 13.1. The number of aliphatic hydroxyl groups excluding tert-OH is 1. The van der Waals surface area contributed by atoms with Crippen LogP contribution in [-0.4, -0.2) is 34.1 Å². The smallest absolute Gasteiger partial charge is 0.459 e. The van der Waals surface area contributed by atoms with Gasteiger partial charge in [-0.2, -0.15) is 0 Å².